The van der Waals surface area contributed by atoms with Crippen molar-refractivity contribution in [3.8, 4) is 17.2 Å². The van der Waals surface area contributed by atoms with Gasteiger partial charge in [0, 0.05) is 36.6 Å². The number of hydrogen-bond donors (Lipinski definition) is 1. The predicted molar refractivity (Wildman–Crippen MR) is 107 cm³/mol. The van der Waals surface area contributed by atoms with Crippen LogP contribution in [0.5, 0.6) is 17.2 Å². The number of carbonyl (C=O) groups is 1. The minimum Gasteiger partial charge on any atom is -0.480 e. The van der Waals surface area contributed by atoms with Crippen molar-refractivity contribution in [2.75, 3.05) is 26.6 Å². The Labute approximate surface area is 174 Å². The van der Waals surface area contributed by atoms with Crippen LogP contribution in [0.4, 0.5) is 0 Å². The highest BCUT2D eigenvalue weighted by molar-refractivity contribution is 6.30. The first-order valence-corrected chi connectivity index (χ1v) is 10.2. The molecule has 1 saturated heterocycles. The first kappa shape index (κ1) is 18.6. The van der Waals surface area contributed by atoms with E-state index in [2.05, 4.69) is 11.4 Å². The molecule has 0 aromatic heterocycles. The largest absolute Gasteiger partial charge is 0.480 e. The number of benzene rings is 2. The van der Waals surface area contributed by atoms with Crippen LogP contribution >= 0.6 is 11.6 Å². The van der Waals surface area contributed by atoms with Gasteiger partial charge in [0.2, 0.25) is 6.79 Å². The summed E-state index contributed by atoms with van der Waals surface area (Å²) in [6, 6.07) is 11.5. The third kappa shape index (κ3) is 3.51. The van der Waals surface area contributed by atoms with E-state index in [1.165, 1.54) is 0 Å². The molecule has 0 bridgehead atoms. The van der Waals surface area contributed by atoms with Crippen LogP contribution in [0.2, 0.25) is 5.02 Å². The molecule has 3 aliphatic rings. The molecule has 0 aliphatic carbocycles. The van der Waals surface area contributed by atoms with Crippen LogP contribution in [-0.4, -0.2) is 38.6 Å². The topological polar surface area (TPSA) is 66.0 Å². The van der Waals surface area contributed by atoms with Crippen molar-refractivity contribution in [2.45, 2.75) is 30.8 Å². The second-order valence-corrected chi connectivity index (χ2v) is 8.18. The molecule has 2 aromatic carbocycles. The molecular formula is C22H22ClNO5. The van der Waals surface area contributed by atoms with Crippen molar-refractivity contribution in [2.24, 2.45) is 0 Å². The van der Waals surface area contributed by atoms with Crippen LogP contribution in [0.1, 0.15) is 24.0 Å². The summed E-state index contributed by atoms with van der Waals surface area (Å²) in [5.41, 5.74) is 1.89. The zero-order valence-corrected chi connectivity index (χ0v) is 16.7. The molecule has 1 N–H and O–H groups in total. The zero-order valence-electron chi connectivity index (χ0n) is 15.9. The lowest BCUT2D eigenvalue weighted by Gasteiger charge is -2.38. The molecule has 1 unspecified atom stereocenters. The highest BCUT2D eigenvalue weighted by Crippen LogP contribution is 2.40. The maximum atomic E-state index is 12.9. The van der Waals surface area contributed by atoms with Crippen molar-refractivity contribution >= 4 is 17.5 Å². The molecule has 0 radical (unpaired) electrons. The Morgan fingerprint density at radius 1 is 1.07 bits per heavy atom. The molecule has 0 spiro atoms. The van der Waals surface area contributed by atoms with Gasteiger partial charge in [-0.25, -0.2) is 0 Å². The number of amides is 1. The van der Waals surface area contributed by atoms with Crippen LogP contribution in [0.15, 0.2) is 36.4 Å². The Kier molecular flexibility index (Phi) is 4.76. The number of rotatable bonds is 4. The molecule has 1 amide bonds. The van der Waals surface area contributed by atoms with Crippen molar-refractivity contribution in [3.63, 3.8) is 0 Å². The third-order valence-corrected chi connectivity index (χ3v) is 6.26. The van der Waals surface area contributed by atoms with E-state index in [9.17, 15) is 4.79 Å². The Hall–Kier alpha value is -2.44. The lowest BCUT2D eigenvalue weighted by molar-refractivity contribution is -0.127. The van der Waals surface area contributed by atoms with Crippen LogP contribution in [-0.2, 0) is 21.4 Å². The second-order valence-electron chi connectivity index (χ2n) is 7.74. The fourth-order valence-corrected chi connectivity index (χ4v) is 4.48. The summed E-state index contributed by atoms with van der Waals surface area (Å²) in [6.45, 7) is 2.09. The summed E-state index contributed by atoms with van der Waals surface area (Å²) < 4.78 is 22.4. The number of hydrogen-bond acceptors (Lipinski definition) is 5. The quantitative estimate of drug-likeness (QED) is 0.830. The Bertz CT molecular complexity index is 941. The van der Waals surface area contributed by atoms with Gasteiger partial charge in [0.15, 0.2) is 17.6 Å². The number of carbonyl (C=O) groups excluding carboxylic acids is 1. The SMILES string of the molecule is O=C(NCC1(c2ccc3c(c2)OCO3)CCOCC1)C1Cc2cc(Cl)ccc2O1. The third-order valence-electron chi connectivity index (χ3n) is 6.03. The molecule has 6 nitrogen and oxygen atoms in total. The standard InChI is InChI=1S/C22H22ClNO5/c23-16-2-4-17-14(9-16)10-20(29-17)21(25)24-12-22(5-7-26-8-6-22)15-1-3-18-19(11-15)28-13-27-18/h1-4,9,11,20H,5-8,10,12-13H2,(H,24,25). The summed E-state index contributed by atoms with van der Waals surface area (Å²) in [6.07, 6.45) is 1.65. The molecule has 3 heterocycles. The zero-order chi connectivity index (χ0) is 19.8. The second kappa shape index (κ2) is 7.43. The molecule has 1 fully saturated rings. The maximum Gasteiger partial charge on any atom is 0.261 e. The molecule has 5 rings (SSSR count). The number of nitrogens with one attached hydrogen (secondary N) is 1. The lowest BCUT2D eigenvalue weighted by Crippen LogP contribution is -2.47. The van der Waals surface area contributed by atoms with E-state index in [4.69, 9.17) is 30.5 Å². The van der Waals surface area contributed by atoms with Gasteiger partial charge in [0.1, 0.15) is 5.75 Å². The van der Waals surface area contributed by atoms with E-state index in [-0.39, 0.29) is 18.1 Å². The van der Waals surface area contributed by atoms with Gasteiger partial charge in [-0.1, -0.05) is 17.7 Å². The van der Waals surface area contributed by atoms with E-state index < -0.39 is 6.10 Å². The molecule has 29 heavy (non-hydrogen) atoms. The Balaban J connectivity index is 1.31. The maximum absolute atomic E-state index is 12.9. The van der Waals surface area contributed by atoms with Gasteiger partial charge < -0.3 is 24.3 Å². The van der Waals surface area contributed by atoms with Crippen molar-refractivity contribution in [1.82, 2.24) is 5.32 Å². The van der Waals surface area contributed by atoms with Crippen LogP contribution < -0.4 is 19.5 Å². The van der Waals surface area contributed by atoms with Crippen molar-refractivity contribution in [1.29, 1.82) is 0 Å². The predicted octanol–water partition coefficient (Wildman–Crippen LogP) is 3.24. The fourth-order valence-electron chi connectivity index (χ4n) is 4.29. The molecule has 2 aromatic rings. The normalized spacial score (nSPS) is 21.3. The van der Waals surface area contributed by atoms with Gasteiger partial charge in [0.25, 0.3) is 5.91 Å². The summed E-state index contributed by atoms with van der Waals surface area (Å²) in [5, 5.41) is 3.78. The van der Waals surface area contributed by atoms with Crippen LogP contribution in [0.3, 0.4) is 0 Å². The highest BCUT2D eigenvalue weighted by Gasteiger charge is 2.37. The summed E-state index contributed by atoms with van der Waals surface area (Å²) in [5.74, 6) is 2.14. The number of ether oxygens (including phenoxy) is 4. The van der Waals surface area contributed by atoms with Crippen LogP contribution in [0, 0.1) is 0 Å². The van der Waals surface area contributed by atoms with Gasteiger partial charge in [-0.05, 0) is 54.3 Å². The minimum atomic E-state index is -0.530. The van der Waals surface area contributed by atoms with Gasteiger partial charge in [-0.3, -0.25) is 4.79 Å². The van der Waals surface area contributed by atoms with Crippen LogP contribution in [0.25, 0.3) is 0 Å². The van der Waals surface area contributed by atoms with E-state index in [0.717, 1.165) is 41.2 Å². The fraction of sp³-hybridized carbons (Fsp3) is 0.409. The molecule has 152 valence electrons. The van der Waals surface area contributed by atoms with E-state index in [1.807, 2.05) is 24.3 Å². The smallest absolute Gasteiger partial charge is 0.261 e. The first-order valence-electron chi connectivity index (χ1n) is 9.84. The average molecular weight is 416 g/mol. The monoisotopic (exact) mass is 415 g/mol. The van der Waals surface area contributed by atoms with E-state index in [0.29, 0.717) is 31.2 Å². The van der Waals surface area contributed by atoms with E-state index >= 15 is 0 Å². The summed E-state index contributed by atoms with van der Waals surface area (Å²) in [7, 11) is 0. The Morgan fingerprint density at radius 3 is 2.72 bits per heavy atom. The Morgan fingerprint density at radius 2 is 1.86 bits per heavy atom. The summed E-state index contributed by atoms with van der Waals surface area (Å²) in [4.78, 5) is 12.9. The number of halogens is 1. The molecular weight excluding hydrogens is 394 g/mol. The first-order chi connectivity index (χ1) is 14.1. The molecule has 3 aliphatic heterocycles. The van der Waals surface area contributed by atoms with Crippen molar-refractivity contribution in [3.05, 3.63) is 52.5 Å². The highest BCUT2D eigenvalue weighted by atomic mass is 35.5. The van der Waals surface area contributed by atoms with Gasteiger partial charge >= 0.3 is 0 Å². The van der Waals surface area contributed by atoms with E-state index in [1.54, 1.807) is 6.07 Å². The van der Waals surface area contributed by atoms with Gasteiger partial charge in [-0.15, -0.1) is 0 Å². The van der Waals surface area contributed by atoms with Crippen molar-refractivity contribution < 1.29 is 23.7 Å². The van der Waals surface area contributed by atoms with Gasteiger partial charge in [0.05, 0.1) is 0 Å². The average Bonchev–Trinajstić information content (AvgIpc) is 3.38. The molecule has 0 saturated carbocycles. The lowest BCUT2D eigenvalue weighted by atomic mass is 9.74. The van der Waals surface area contributed by atoms with Gasteiger partial charge in [-0.2, -0.15) is 0 Å². The summed E-state index contributed by atoms with van der Waals surface area (Å²) >= 11 is 6.05. The number of fused-ring (bicyclic) bond motifs is 2. The molecule has 7 heteroatoms. The minimum absolute atomic E-state index is 0.107. The molecule has 1 atom stereocenters.